The van der Waals surface area contributed by atoms with E-state index in [9.17, 15) is 4.79 Å². The van der Waals surface area contributed by atoms with Crippen LogP contribution >= 0.6 is 0 Å². The van der Waals surface area contributed by atoms with Crippen molar-refractivity contribution in [3.05, 3.63) is 0 Å². The molecule has 2 N–H and O–H groups in total. The number of likely N-dealkylation sites (N-methyl/N-ethyl adjacent to an activating group) is 1. The molecule has 1 heterocycles. The summed E-state index contributed by atoms with van der Waals surface area (Å²) >= 11 is 0. The Hall–Kier alpha value is -0.610. The van der Waals surface area contributed by atoms with Crippen LogP contribution in [0.15, 0.2) is 0 Å². The third-order valence-corrected chi connectivity index (χ3v) is 2.70. The number of carbonyl (C=O) groups excluding carboxylic acids is 1. The zero-order chi connectivity index (χ0) is 11.4. The number of hydrogen-bond acceptors (Lipinski definition) is 3. The van der Waals surface area contributed by atoms with Crippen molar-refractivity contribution in [2.75, 3.05) is 20.1 Å². The van der Waals surface area contributed by atoms with Crippen molar-refractivity contribution >= 4 is 5.91 Å². The zero-order valence-electron chi connectivity index (χ0n) is 10.2. The fraction of sp³-hybridized carbons (Fsp3) is 0.909. The van der Waals surface area contributed by atoms with Crippen LogP contribution in [0.1, 0.15) is 27.2 Å². The molecular formula is C11H23N3O. The summed E-state index contributed by atoms with van der Waals surface area (Å²) in [5, 5.41) is 6.27. The third kappa shape index (κ3) is 4.18. The molecule has 0 aliphatic carbocycles. The van der Waals surface area contributed by atoms with Gasteiger partial charge in [0.1, 0.15) is 0 Å². The lowest BCUT2D eigenvalue weighted by molar-refractivity contribution is -0.123. The van der Waals surface area contributed by atoms with Crippen LogP contribution in [-0.2, 0) is 4.79 Å². The van der Waals surface area contributed by atoms with Crippen LogP contribution in [0.25, 0.3) is 0 Å². The quantitative estimate of drug-likeness (QED) is 0.701. The van der Waals surface area contributed by atoms with E-state index in [1.54, 1.807) is 0 Å². The number of carbonyl (C=O) groups is 1. The highest BCUT2D eigenvalue weighted by Crippen LogP contribution is 2.06. The highest BCUT2D eigenvalue weighted by molar-refractivity contribution is 5.81. The van der Waals surface area contributed by atoms with E-state index in [1.807, 2.05) is 20.8 Å². The van der Waals surface area contributed by atoms with Gasteiger partial charge in [0, 0.05) is 18.6 Å². The molecule has 2 atom stereocenters. The highest BCUT2D eigenvalue weighted by Gasteiger charge is 2.23. The van der Waals surface area contributed by atoms with Gasteiger partial charge in [-0.05, 0) is 40.8 Å². The van der Waals surface area contributed by atoms with Gasteiger partial charge in [0.25, 0.3) is 0 Å². The molecule has 15 heavy (non-hydrogen) atoms. The Kier molecular flexibility index (Phi) is 4.54. The Morgan fingerprint density at radius 3 is 2.53 bits per heavy atom. The fourth-order valence-electron chi connectivity index (χ4n) is 1.91. The van der Waals surface area contributed by atoms with Crippen molar-refractivity contribution in [2.45, 2.75) is 45.3 Å². The molecule has 4 heteroatoms. The van der Waals surface area contributed by atoms with E-state index in [0.717, 1.165) is 19.5 Å². The molecule has 1 rings (SSSR count). The number of rotatable bonds is 4. The Labute approximate surface area is 92.4 Å². The third-order valence-electron chi connectivity index (χ3n) is 2.70. The maximum atomic E-state index is 11.6. The number of likely N-dealkylation sites (tertiary alicyclic amines) is 1. The minimum absolute atomic E-state index is 0.0936. The van der Waals surface area contributed by atoms with Gasteiger partial charge in [-0.25, -0.2) is 0 Å². The van der Waals surface area contributed by atoms with Crippen LogP contribution in [0, 0.1) is 0 Å². The second-order valence-corrected chi connectivity index (χ2v) is 4.80. The minimum atomic E-state index is -0.0936. The van der Waals surface area contributed by atoms with Gasteiger partial charge in [0.05, 0.1) is 6.04 Å². The number of hydrogen-bond donors (Lipinski definition) is 2. The molecule has 88 valence electrons. The maximum Gasteiger partial charge on any atom is 0.237 e. The maximum absolute atomic E-state index is 11.6. The predicted octanol–water partition coefficient (Wildman–Crippen LogP) is 0.193. The molecule has 0 aromatic heterocycles. The molecule has 0 radical (unpaired) electrons. The van der Waals surface area contributed by atoms with E-state index >= 15 is 0 Å². The van der Waals surface area contributed by atoms with Crippen LogP contribution < -0.4 is 10.6 Å². The lowest BCUT2D eigenvalue weighted by Crippen LogP contribution is -2.48. The molecule has 0 aromatic rings. The monoisotopic (exact) mass is 213 g/mol. The smallest absolute Gasteiger partial charge is 0.237 e. The van der Waals surface area contributed by atoms with Gasteiger partial charge >= 0.3 is 0 Å². The summed E-state index contributed by atoms with van der Waals surface area (Å²) in [7, 11) is 2.11. The average Bonchev–Trinajstić information content (AvgIpc) is 2.50. The first-order valence-electron chi connectivity index (χ1n) is 5.74. The van der Waals surface area contributed by atoms with E-state index < -0.39 is 0 Å². The Bertz CT molecular complexity index is 218. The molecule has 2 unspecified atom stereocenters. The second-order valence-electron chi connectivity index (χ2n) is 4.80. The molecule has 1 aliphatic heterocycles. The molecule has 4 nitrogen and oxygen atoms in total. The van der Waals surface area contributed by atoms with Crippen molar-refractivity contribution < 1.29 is 4.79 Å². The second kappa shape index (κ2) is 5.47. The van der Waals surface area contributed by atoms with Gasteiger partial charge in [-0.3, -0.25) is 4.79 Å². The van der Waals surface area contributed by atoms with Crippen LogP contribution in [-0.4, -0.2) is 49.1 Å². The number of nitrogens with zero attached hydrogens (tertiary/aromatic N) is 1. The number of nitrogens with one attached hydrogen (secondary N) is 2. The van der Waals surface area contributed by atoms with E-state index in [1.165, 1.54) is 0 Å². The standard InChI is InChI=1S/C11H23N3O/c1-8(2)12-11(15)9(3)13-10-5-6-14(4)7-10/h8-10,13H,5-7H2,1-4H3,(H,12,15). The molecule has 1 amide bonds. The minimum Gasteiger partial charge on any atom is -0.353 e. The lowest BCUT2D eigenvalue weighted by atomic mass is 10.2. The Morgan fingerprint density at radius 1 is 1.40 bits per heavy atom. The van der Waals surface area contributed by atoms with Crippen molar-refractivity contribution in [1.29, 1.82) is 0 Å². The largest absolute Gasteiger partial charge is 0.353 e. The molecule has 1 aliphatic rings. The van der Waals surface area contributed by atoms with Gasteiger partial charge < -0.3 is 15.5 Å². The Morgan fingerprint density at radius 2 is 2.07 bits per heavy atom. The van der Waals surface area contributed by atoms with E-state index in [4.69, 9.17) is 0 Å². The van der Waals surface area contributed by atoms with Crippen molar-refractivity contribution in [1.82, 2.24) is 15.5 Å². The summed E-state index contributed by atoms with van der Waals surface area (Å²) in [6.07, 6.45) is 1.13. The van der Waals surface area contributed by atoms with E-state index in [2.05, 4.69) is 22.6 Å². The van der Waals surface area contributed by atoms with Crippen molar-refractivity contribution in [2.24, 2.45) is 0 Å². The van der Waals surface area contributed by atoms with Gasteiger partial charge in [-0.2, -0.15) is 0 Å². The zero-order valence-corrected chi connectivity index (χ0v) is 10.2. The summed E-state index contributed by atoms with van der Waals surface area (Å²) in [6, 6.07) is 0.583. The summed E-state index contributed by atoms with van der Waals surface area (Å²) in [5.74, 6) is 0.0968. The molecule has 0 bridgehead atoms. The Balaban J connectivity index is 2.28. The molecule has 0 spiro atoms. The van der Waals surface area contributed by atoms with Gasteiger partial charge in [-0.1, -0.05) is 0 Å². The summed E-state index contributed by atoms with van der Waals surface area (Å²) in [5.41, 5.74) is 0. The molecule has 0 saturated carbocycles. The molecule has 0 aromatic carbocycles. The predicted molar refractivity (Wildman–Crippen MR) is 61.8 cm³/mol. The van der Waals surface area contributed by atoms with Crippen LogP contribution in [0.2, 0.25) is 0 Å². The first-order valence-corrected chi connectivity index (χ1v) is 5.74. The van der Waals surface area contributed by atoms with Crippen LogP contribution in [0.5, 0.6) is 0 Å². The molecular weight excluding hydrogens is 190 g/mol. The normalized spacial score (nSPS) is 24.5. The van der Waals surface area contributed by atoms with Gasteiger partial charge in [-0.15, -0.1) is 0 Å². The van der Waals surface area contributed by atoms with Crippen molar-refractivity contribution in [3.63, 3.8) is 0 Å². The SMILES string of the molecule is CC(C)NC(=O)C(C)NC1CCN(C)C1. The summed E-state index contributed by atoms with van der Waals surface area (Å²) in [4.78, 5) is 13.9. The van der Waals surface area contributed by atoms with Crippen molar-refractivity contribution in [3.8, 4) is 0 Å². The lowest BCUT2D eigenvalue weighted by Gasteiger charge is -2.20. The van der Waals surface area contributed by atoms with Gasteiger partial charge in [0.2, 0.25) is 5.91 Å². The molecule has 1 saturated heterocycles. The topological polar surface area (TPSA) is 44.4 Å². The number of amides is 1. The van der Waals surface area contributed by atoms with E-state index in [0.29, 0.717) is 6.04 Å². The average molecular weight is 213 g/mol. The highest BCUT2D eigenvalue weighted by atomic mass is 16.2. The van der Waals surface area contributed by atoms with Crippen LogP contribution in [0.4, 0.5) is 0 Å². The first-order chi connectivity index (χ1) is 6.99. The summed E-state index contributed by atoms with van der Waals surface area (Å²) in [6.45, 7) is 8.05. The van der Waals surface area contributed by atoms with E-state index in [-0.39, 0.29) is 18.0 Å². The molecule has 1 fully saturated rings. The van der Waals surface area contributed by atoms with Gasteiger partial charge in [0.15, 0.2) is 0 Å². The van der Waals surface area contributed by atoms with Crippen LogP contribution in [0.3, 0.4) is 0 Å². The fourth-order valence-corrected chi connectivity index (χ4v) is 1.91. The summed E-state index contributed by atoms with van der Waals surface area (Å²) < 4.78 is 0. The first kappa shape index (κ1) is 12.5.